The lowest BCUT2D eigenvalue weighted by Crippen LogP contribution is -2.39. The lowest BCUT2D eigenvalue weighted by Gasteiger charge is -2.12. The van der Waals surface area contributed by atoms with E-state index in [9.17, 15) is 4.79 Å². The van der Waals surface area contributed by atoms with Crippen molar-refractivity contribution in [3.63, 3.8) is 0 Å². The number of allylic oxidation sites excluding steroid dienone is 2. The number of rotatable bonds is 6. The number of hydrogen-bond donors (Lipinski definition) is 2. The first-order valence-electron chi connectivity index (χ1n) is 7.33. The summed E-state index contributed by atoms with van der Waals surface area (Å²) in [7, 11) is 0. The standard InChI is InChI=1S/C17H22N4O/c1-4-16(11-15-8-6-5-7-9-15)18-19-17(22)12-21-14(3)10-13(2)20-21/h4-10,18H,11-12H2,1-3H3,(H,19,22). The summed E-state index contributed by atoms with van der Waals surface area (Å²) in [5.74, 6) is -0.126. The number of hydrogen-bond acceptors (Lipinski definition) is 3. The highest BCUT2D eigenvalue weighted by atomic mass is 16.2. The van der Waals surface area contributed by atoms with E-state index in [2.05, 4.69) is 28.1 Å². The molecule has 0 bridgehead atoms. The van der Waals surface area contributed by atoms with Gasteiger partial charge in [0, 0.05) is 17.8 Å². The van der Waals surface area contributed by atoms with E-state index in [1.165, 1.54) is 5.56 Å². The van der Waals surface area contributed by atoms with Crippen LogP contribution in [0.15, 0.2) is 48.2 Å². The molecule has 0 spiro atoms. The molecule has 2 N–H and O–H groups in total. The summed E-state index contributed by atoms with van der Waals surface area (Å²) in [5, 5.41) is 4.28. The van der Waals surface area contributed by atoms with Crippen LogP contribution in [0.3, 0.4) is 0 Å². The van der Waals surface area contributed by atoms with Crippen molar-refractivity contribution >= 4 is 5.91 Å². The van der Waals surface area contributed by atoms with Crippen LogP contribution >= 0.6 is 0 Å². The number of nitrogens with one attached hydrogen (secondary N) is 2. The third-order valence-corrected chi connectivity index (χ3v) is 3.35. The van der Waals surface area contributed by atoms with Crippen molar-refractivity contribution in [2.75, 3.05) is 0 Å². The van der Waals surface area contributed by atoms with Crippen LogP contribution in [0, 0.1) is 13.8 Å². The first-order chi connectivity index (χ1) is 10.6. The number of aryl methyl sites for hydroxylation is 2. The third kappa shape index (κ3) is 4.48. The minimum absolute atomic E-state index is 0.126. The average molecular weight is 298 g/mol. The maximum atomic E-state index is 12.0. The summed E-state index contributed by atoms with van der Waals surface area (Å²) in [6.45, 7) is 6.00. The van der Waals surface area contributed by atoms with Gasteiger partial charge in [-0.1, -0.05) is 36.4 Å². The second-order valence-electron chi connectivity index (χ2n) is 5.23. The van der Waals surface area contributed by atoms with Crippen molar-refractivity contribution in [3.05, 3.63) is 65.1 Å². The normalized spacial score (nSPS) is 11.3. The molecule has 0 radical (unpaired) electrons. The lowest BCUT2D eigenvalue weighted by atomic mass is 10.1. The van der Waals surface area contributed by atoms with Crippen LogP contribution < -0.4 is 10.9 Å². The number of aromatic nitrogens is 2. The summed E-state index contributed by atoms with van der Waals surface area (Å²) in [5.41, 5.74) is 9.74. The van der Waals surface area contributed by atoms with Gasteiger partial charge in [-0.15, -0.1) is 0 Å². The summed E-state index contributed by atoms with van der Waals surface area (Å²) in [6.07, 6.45) is 2.70. The van der Waals surface area contributed by atoms with E-state index in [0.717, 1.165) is 23.5 Å². The Labute approximate surface area is 131 Å². The highest BCUT2D eigenvalue weighted by Gasteiger charge is 2.07. The lowest BCUT2D eigenvalue weighted by molar-refractivity contribution is -0.122. The molecule has 0 saturated carbocycles. The van der Waals surface area contributed by atoms with Gasteiger partial charge in [0.25, 0.3) is 5.91 Å². The van der Waals surface area contributed by atoms with Crippen LogP contribution in [-0.2, 0) is 17.8 Å². The number of amides is 1. The average Bonchev–Trinajstić information content (AvgIpc) is 2.82. The number of carbonyl (C=O) groups excluding carboxylic acids is 1. The molecule has 0 aliphatic rings. The maximum Gasteiger partial charge on any atom is 0.260 e. The van der Waals surface area contributed by atoms with E-state index in [-0.39, 0.29) is 12.5 Å². The van der Waals surface area contributed by atoms with Crippen molar-refractivity contribution in [1.82, 2.24) is 20.6 Å². The van der Waals surface area contributed by atoms with Gasteiger partial charge < -0.3 is 5.43 Å². The van der Waals surface area contributed by atoms with E-state index < -0.39 is 0 Å². The van der Waals surface area contributed by atoms with Crippen LogP contribution in [0.5, 0.6) is 0 Å². The topological polar surface area (TPSA) is 58.9 Å². The van der Waals surface area contributed by atoms with Crippen molar-refractivity contribution in [1.29, 1.82) is 0 Å². The fourth-order valence-corrected chi connectivity index (χ4v) is 2.19. The molecule has 0 saturated heterocycles. The van der Waals surface area contributed by atoms with Crippen LogP contribution in [0.1, 0.15) is 23.9 Å². The SMILES string of the molecule is CC=C(Cc1ccccc1)NNC(=O)Cn1nc(C)cc1C. The quantitative estimate of drug-likeness (QED) is 0.804. The molecular formula is C17H22N4O. The Morgan fingerprint density at radius 3 is 2.55 bits per heavy atom. The van der Waals surface area contributed by atoms with Crippen LogP contribution in [0.4, 0.5) is 0 Å². The Hall–Kier alpha value is -2.56. The Balaban J connectivity index is 1.85. The third-order valence-electron chi connectivity index (χ3n) is 3.35. The zero-order chi connectivity index (χ0) is 15.9. The number of nitrogens with zero attached hydrogens (tertiary/aromatic N) is 2. The van der Waals surface area contributed by atoms with Gasteiger partial charge in [0.2, 0.25) is 0 Å². The molecular weight excluding hydrogens is 276 g/mol. The van der Waals surface area contributed by atoms with E-state index in [0.29, 0.717) is 0 Å². The summed E-state index contributed by atoms with van der Waals surface area (Å²) < 4.78 is 1.69. The van der Waals surface area contributed by atoms with E-state index in [1.807, 2.05) is 51.1 Å². The van der Waals surface area contributed by atoms with Crippen LogP contribution in [-0.4, -0.2) is 15.7 Å². The molecule has 0 atom stereocenters. The van der Waals surface area contributed by atoms with Gasteiger partial charge in [-0.3, -0.25) is 14.9 Å². The molecule has 0 fully saturated rings. The van der Waals surface area contributed by atoms with Gasteiger partial charge >= 0.3 is 0 Å². The number of carbonyl (C=O) groups is 1. The predicted octanol–water partition coefficient (Wildman–Crippen LogP) is 2.27. The monoisotopic (exact) mass is 298 g/mol. The van der Waals surface area contributed by atoms with Crippen molar-refractivity contribution in [2.45, 2.75) is 33.7 Å². The minimum Gasteiger partial charge on any atom is -0.303 e. The van der Waals surface area contributed by atoms with Crippen LogP contribution in [0.2, 0.25) is 0 Å². The van der Waals surface area contributed by atoms with Gasteiger partial charge in [-0.25, -0.2) is 0 Å². The smallest absolute Gasteiger partial charge is 0.260 e. The molecule has 22 heavy (non-hydrogen) atoms. The Morgan fingerprint density at radius 2 is 1.95 bits per heavy atom. The van der Waals surface area contributed by atoms with Gasteiger partial charge in [0.05, 0.1) is 5.69 Å². The molecule has 1 amide bonds. The molecule has 2 aromatic rings. The largest absolute Gasteiger partial charge is 0.303 e. The second kappa shape index (κ2) is 7.45. The summed E-state index contributed by atoms with van der Waals surface area (Å²) in [4.78, 5) is 12.0. The zero-order valence-corrected chi connectivity index (χ0v) is 13.3. The molecule has 116 valence electrons. The van der Waals surface area contributed by atoms with E-state index >= 15 is 0 Å². The summed E-state index contributed by atoms with van der Waals surface area (Å²) >= 11 is 0. The van der Waals surface area contributed by atoms with Crippen molar-refractivity contribution in [2.24, 2.45) is 0 Å². The van der Waals surface area contributed by atoms with Crippen LogP contribution in [0.25, 0.3) is 0 Å². The van der Waals surface area contributed by atoms with Gasteiger partial charge in [-0.2, -0.15) is 5.10 Å². The predicted molar refractivity (Wildman–Crippen MR) is 86.9 cm³/mol. The molecule has 0 unspecified atom stereocenters. The highest BCUT2D eigenvalue weighted by molar-refractivity contribution is 5.75. The Kier molecular flexibility index (Phi) is 5.36. The molecule has 0 aliphatic heterocycles. The van der Waals surface area contributed by atoms with Gasteiger partial charge in [-0.05, 0) is 32.4 Å². The maximum absolute atomic E-state index is 12.0. The fourth-order valence-electron chi connectivity index (χ4n) is 2.19. The molecule has 1 heterocycles. The first-order valence-corrected chi connectivity index (χ1v) is 7.33. The van der Waals surface area contributed by atoms with E-state index in [4.69, 9.17) is 0 Å². The Morgan fingerprint density at radius 1 is 1.23 bits per heavy atom. The van der Waals surface area contributed by atoms with Crippen molar-refractivity contribution < 1.29 is 4.79 Å². The molecule has 1 aromatic carbocycles. The number of benzene rings is 1. The summed E-state index contributed by atoms with van der Waals surface area (Å²) in [6, 6.07) is 12.1. The number of hydrazine groups is 1. The van der Waals surface area contributed by atoms with Crippen molar-refractivity contribution in [3.8, 4) is 0 Å². The minimum atomic E-state index is -0.126. The fraction of sp³-hybridized carbons (Fsp3) is 0.294. The van der Waals surface area contributed by atoms with Gasteiger partial charge in [0.1, 0.15) is 6.54 Å². The zero-order valence-electron chi connectivity index (χ0n) is 13.3. The van der Waals surface area contributed by atoms with E-state index in [1.54, 1.807) is 4.68 Å². The van der Waals surface area contributed by atoms with Gasteiger partial charge in [0.15, 0.2) is 0 Å². The molecule has 1 aromatic heterocycles. The second-order valence-corrected chi connectivity index (χ2v) is 5.23. The first kappa shape index (κ1) is 15.8. The highest BCUT2D eigenvalue weighted by Crippen LogP contribution is 2.05. The molecule has 2 rings (SSSR count). The molecule has 5 heteroatoms. The molecule has 0 aliphatic carbocycles. The molecule has 5 nitrogen and oxygen atoms in total. The Bertz CT molecular complexity index is 659.